The van der Waals surface area contributed by atoms with E-state index in [0.29, 0.717) is 10.8 Å². The highest BCUT2D eigenvalue weighted by Gasteiger charge is 2.48. The summed E-state index contributed by atoms with van der Waals surface area (Å²) in [5.74, 6) is 0. The monoisotopic (exact) mass is 225 g/mol. The van der Waals surface area contributed by atoms with E-state index in [1.165, 1.54) is 44.9 Å². The van der Waals surface area contributed by atoms with E-state index in [1.807, 2.05) is 0 Å². The lowest BCUT2D eigenvalue weighted by Crippen LogP contribution is -2.57. The molecule has 1 atom stereocenters. The molecule has 1 saturated carbocycles. The average molecular weight is 225 g/mol. The van der Waals surface area contributed by atoms with Crippen molar-refractivity contribution in [2.75, 3.05) is 0 Å². The topological polar surface area (TPSA) is 26.0 Å². The highest BCUT2D eigenvalue weighted by atomic mass is 14.8. The van der Waals surface area contributed by atoms with Gasteiger partial charge in [0.2, 0.25) is 0 Å². The Morgan fingerprint density at radius 1 is 0.938 bits per heavy atom. The van der Waals surface area contributed by atoms with Crippen LogP contribution in [0, 0.1) is 10.8 Å². The Balaban J connectivity index is 2.84. The maximum absolute atomic E-state index is 6.59. The Kier molecular flexibility index (Phi) is 4.10. The molecule has 0 amide bonds. The van der Waals surface area contributed by atoms with Crippen LogP contribution in [0.2, 0.25) is 0 Å². The Labute approximate surface area is 102 Å². The summed E-state index contributed by atoms with van der Waals surface area (Å²) in [6.07, 6.45) is 9.23. The first-order valence-electron chi connectivity index (χ1n) is 7.07. The molecule has 0 saturated heterocycles. The van der Waals surface area contributed by atoms with E-state index < -0.39 is 0 Å². The standard InChI is InChI=1S/C15H31N/c1-6-8-15(9-7-2)11-10-13(3,4)14(5,16)12-15/h6-12,16H2,1-5H3. The van der Waals surface area contributed by atoms with Crippen LogP contribution < -0.4 is 5.73 Å². The summed E-state index contributed by atoms with van der Waals surface area (Å²) in [5.41, 5.74) is 7.45. The van der Waals surface area contributed by atoms with E-state index in [9.17, 15) is 0 Å². The molecule has 0 spiro atoms. The van der Waals surface area contributed by atoms with Gasteiger partial charge >= 0.3 is 0 Å². The molecule has 2 N–H and O–H groups in total. The molecular formula is C15H31N. The first-order chi connectivity index (χ1) is 7.29. The third-order valence-electron chi connectivity index (χ3n) is 5.13. The molecule has 1 aliphatic rings. The Bertz CT molecular complexity index is 222. The molecular weight excluding hydrogens is 194 g/mol. The SMILES string of the molecule is CCCC1(CCC)CCC(C)(C)C(C)(N)C1. The van der Waals surface area contributed by atoms with Crippen molar-refractivity contribution >= 4 is 0 Å². The second-order valence-corrected chi connectivity index (χ2v) is 6.98. The molecule has 0 aromatic heterocycles. The second kappa shape index (κ2) is 4.68. The summed E-state index contributed by atoms with van der Waals surface area (Å²) >= 11 is 0. The van der Waals surface area contributed by atoms with Crippen molar-refractivity contribution in [1.82, 2.24) is 0 Å². The third-order valence-corrected chi connectivity index (χ3v) is 5.13. The Morgan fingerprint density at radius 3 is 1.81 bits per heavy atom. The molecule has 1 aliphatic carbocycles. The minimum Gasteiger partial charge on any atom is -0.325 e. The van der Waals surface area contributed by atoms with E-state index in [2.05, 4.69) is 34.6 Å². The molecule has 0 bridgehead atoms. The third kappa shape index (κ3) is 2.61. The maximum Gasteiger partial charge on any atom is 0.0182 e. The van der Waals surface area contributed by atoms with Gasteiger partial charge in [0.25, 0.3) is 0 Å². The number of nitrogens with two attached hydrogens (primary N) is 1. The van der Waals surface area contributed by atoms with E-state index in [1.54, 1.807) is 0 Å². The lowest BCUT2D eigenvalue weighted by molar-refractivity contribution is 0.00784. The normalized spacial score (nSPS) is 32.6. The van der Waals surface area contributed by atoms with Gasteiger partial charge in [0.05, 0.1) is 0 Å². The lowest BCUT2D eigenvalue weighted by Gasteiger charge is -2.54. The molecule has 0 aromatic rings. The first kappa shape index (κ1) is 14.0. The van der Waals surface area contributed by atoms with Crippen molar-refractivity contribution < 1.29 is 0 Å². The van der Waals surface area contributed by atoms with Crippen molar-refractivity contribution in [1.29, 1.82) is 0 Å². The number of hydrogen-bond acceptors (Lipinski definition) is 1. The van der Waals surface area contributed by atoms with Gasteiger partial charge in [-0.1, -0.05) is 40.5 Å². The predicted octanol–water partition coefficient (Wildman–Crippen LogP) is 4.50. The minimum absolute atomic E-state index is 0.00951. The molecule has 1 fully saturated rings. The fraction of sp³-hybridized carbons (Fsp3) is 1.00. The van der Waals surface area contributed by atoms with Crippen LogP contribution >= 0.6 is 0 Å². The smallest absolute Gasteiger partial charge is 0.0182 e. The molecule has 1 rings (SSSR count). The van der Waals surface area contributed by atoms with Crippen LogP contribution in [0.3, 0.4) is 0 Å². The molecule has 1 unspecified atom stereocenters. The summed E-state index contributed by atoms with van der Waals surface area (Å²) in [6, 6.07) is 0. The Morgan fingerprint density at radius 2 is 1.44 bits per heavy atom. The summed E-state index contributed by atoms with van der Waals surface area (Å²) in [7, 11) is 0. The zero-order chi connectivity index (χ0) is 12.4. The molecule has 0 heterocycles. The predicted molar refractivity (Wildman–Crippen MR) is 72.5 cm³/mol. The molecule has 1 heteroatoms. The van der Waals surface area contributed by atoms with Crippen molar-refractivity contribution in [3.63, 3.8) is 0 Å². The van der Waals surface area contributed by atoms with E-state index in [-0.39, 0.29) is 5.54 Å². The fourth-order valence-electron chi connectivity index (χ4n) is 3.58. The van der Waals surface area contributed by atoms with Crippen LogP contribution in [-0.4, -0.2) is 5.54 Å². The van der Waals surface area contributed by atoms with E-state index in [4.69, 9.17) is 5.73 Å². The van der Waals surface area contributed by atoms with Crippen molar-refractivity contribution in [2.45, 2.75) is 85.1 Å². The summed E-state index contributed by atoms with van der Waals surface area (Å²) in [6.45, 7) is 11.6. The van der Waals surface area contributed by atoms with E-state index in [0.717, 1.165) is 0 Å². The fourth-order valence-corrected chi connectivity index (χ4v) is 3.58. The molecule has 16 heavy (non-hydrogen) atoms. The van der Waals surface area contributed by atoms with Crippen LogP contribution in [0.1, 0.15) is 79.6 Å². The van der Waals surface area contributed by atoms with Gasteiger partial charge in [0.15, 0.2) is 0 Å². The Hall–Kier alpha value is -0.0400. The van der Waals surface area contributed by atoms with Crippen LogP contribution in [0.25, 0.3) is 0 Å². The highest BCUT2D eigenvalue weighted by molar-refractivity contribution is 5.04. The maximum atomic E-state index is 6.59. The van der Waals surface area contributed by atoms with Gasteiger partial charge in [-0.25, -0.2) is 0 Å². The van der Waals surface area contributed by atoms with Crippen LogP contribution in [0.4, 0.5) is 0 Å². The van der Waals surface area contributed by atoms with Crippen LogP contribution in [-0.2, 0) is 0 Å². The summed E-state index contributed by atoms with van der Waals surface area (Å²) < 4.78 is 0. The minimum atomic E-state index is 0.00951. The van der Waals surface area contributed by atoms with Crippen molar-refractivity contribution in [3.05, 3.63) is 0 Å². The zero-order valence-electron chi connectivity index (χ0n) is 12.0. The van der Waals surface area contributed by atoms with Crippen molar-refractivity contribution in [2.24, 2.45) is 16.6 Å². The van der Waals surface area contributed by atoms with E-state index >= 15 is 0 Å². The molecule has 1 nitrogen and oxygen atoms in total. The van der Waals surface area contributed by atoms with Gasteiger partial charge in [-0.2, -0.15) is 0 Å². The first-order valence-corrected chi connectivity index (χ1v) is 7.07. The molecule has 0 aliphatic heterocycles. The van der Waals surface area contributed by atoms with Crippen molar-refractivity contribution in [3.8, 4) is 0 Å². The van der Waals surface area contributed by atoms with Gasteiger partial charge in [-0.05, 0) is 49.9 Å². The zero-order valence-corrected chi connectivity index (χ0v) is 12.0. The summed E-state index contributed by atoms with van der Waals surface area (Å²) in [5, 5.41) is 0. The van der Waals surface area contributed by atoms with Crippen LogP contribution in [0.5, 0.6) is 0 Å². The average Bonchev–Trinajstić information content (AvgIpc) is 2.13. The molecule has 0 aromatic carbocycles. The van der Waals surface area contributed by atoms with Gasteiger partial charge < -0.3 is 5.73 Å². The number of rotatable bonds is 4. The number of hydrogen-bond donors (Lipinski definition) is 1. The van der Waals surface area contributed by atoms with Gasteiger partial charge in [-0.3, -0.25) is 0 Å². The molecule has 96 valence electrons. The van der Waals surface area contributed by atoms with Crippen LogP contribution in [0.15, 0.2) is 0 Å². The highest BCUT2D eigenvalue weighted by Crippen LogP contribution is 2.53. The van der Waals surface area contributed by atoms with Gasteiger partial charge in [0.1, 0.15) is 0 Å². The second-order valence-electron chi connectivity index (χ2n) is 6.98. The van der Waals surface area contributed by atoms with Gasteiger partial charge in [-0.15, -0.1) is 0 Å². The summed E-state index contributed by atoms with van der Waals surface area (Å²) in [4.78, 5) is 0. The van der Waals surface area contributed by atoms with Gasteiger partial charge in [0, 0.05) is 5.54 Å². The molecule has 0 radical (unpaired) electrons. The lowest BCUT2D eigenvalue weighted by atomic mass is 9.54. The largest absolute Gasteiger partial charge is 0.325 e. The quantitative estimate of drug-likeness (QED) is 0.749.